The molecule has 0 bridgehead atoms. The molecule has 1 aromatic carbocycles. The zero-order chi connectivity index (χ0) is 12.9. The predicted molar refractivity (Wildman–Crippen MR) is 70.5 cm³/mol. The van der Waals surface area contributed by atoms with Crippen molar-refractivity contribution in [1.82, 2.24) is 5.32 Å². The van der Waals surface area contributed by atoms with Crippen molar-refractivity contribution in [1.29, 1.82) is 0 Å². The minimum absolute atomic E-state index is 0.0698. The van der Waals surface area contributed by atoms with Crippen LogP contribution in [0.1, 0.15) is 31.9 Å². The van der Waals surface area contributed by atoms with E-state index in [-0.39, 0.29) is 11.3 Å². The smallest absolute Gasteiger partial charge is 0.224 e. The second-order valence-electron chi connectivity index (χ2n) is 5.53. The zero-order valence-corrected chi connectivity index (χ0v) is 10.9. The Bertz CT molecular complexity index is 363. The SMILES string of the molecule is CC(C)(C)CNC(=O)Cc1ccc(CN)cc1. The first kappa shape index (κ1) is 13.7. The van der Waals surface area contributed by atoms with Crippen LogP contribution in [0.3, 0.4) is 0 Å². The predicted octanol–water partition coefficient (Wildman–Crippen LogP) is 1.85. The molecule has 0 spiro atoms. The summed E-state index contributed by atoms with van der Waals surface area (Å²) in [5.41, 5.74) is 7.75. The Morgan fingerprint density at radius 2 is 1.71 bits per heavy atom. The molecule has 3 N–H and O–H groups in total. The van der Waals surface area contributed by atoms with E-state index in [0.717, 1.165) is 11.1 Å². The molecule has 0 saturated carbocycles. The van der Waals surface area contributed by atoms with Crippen LogP contribution in [0.25, 0.3) is 0 Å². The third-order valence-corrected chi connectivity index (χ3v) is 2.44. The van der Waals surface area contributed by atoms with Crippen molar-refractivity contribution in [2.24, 2.45) is 11.1 Å². The fourth-order valence-corrected chi connectivity index (χ4v) is 1.40. The van der Waals surface area contributed by atoms with Gasteiger partial charge in [0.1, 0.15) is 0 Å². The van der Waals surface area contributed by atoms with Gasteiger partial charge in [-0.15, -0.1) is 0 Å². The number of amides is 1. The van der Waals surface area contributed by atoms with E-state index >= 15 is 0 Å². The Labute approximate surface area is 103 Å². The van der Waals surface area contributed by atoms with E-state index in [1.54, 1.807) is 0 Å². The molecule has 3 nitrogen and oxygen atoms in total. The normalized spacial score (nSPS) is 11.3. The summed E-state index contributed by atoms with van der Waals surface area (Å²) in [6.45, 7) is 7.54. The molecule has 0 aliphatic rings. The second-order valence-corrected chi connectivity index (χ2v) is 5.53. The largest absolute Gasteiger partial charge is 0.355 e. The second kappa shape index (κ2) is 5.82. The van der Waals surface area contributed by atoms with Crippen LogP contribution in [0.4, 0.5) is 0 Å². The molecular formula is C14H22N2O. The van der Waals surface area contributed by atoms with E-state index in [4.69, 9.17) is 5.73 Å². The molecule has 1 aromatic rings. The molecule has 0 heterocycles. The number of nitrogens with one attached hydrogen (secondary N) is 1. The van der Waals surface area contributed by atoms with Gasteiger partial charge >= 0.3 is 0 Å². The Kier molecular flexibility index (Phi) is 4.70. The summed E-state index contributed by atoms with van der Waals surface area (Å²) in [5, 5.41) is 2.94. The van der Waals surface area contributed by atoms with Gasteiger partial charge in [-0.25, -0.2) is 0 Å². The summed E-state index contributed by atoms with van der Waals surface area (Å²) < 4.78 is 0. The molecule has 0 radical (unpaired) electrons. The quantitative estimate of drug-likeness (QED) is 0.835. The standard InChI is InChI=1S/C14H22N2O/c1-14(2,3)10-16-13(17)8-11-4-6-12(9-15)7-5-11/h4-7H,8-10,15H2,1-3H3,(H,16,17). The molecular weight excluding hydrogens is 212 g/mol. The number of nitrogens with two attached hydrogens (primary N) is 1. The maximum Gasteiger partial charge on any atom is 0.224 e. The molecule has 94 valence electrons. The fourth-order valence-electron chi connectivity index (χ4n) is 1.40. The van der Waals surface area contributed by atoms with Crippen molar-refractivity contribution in [3.63, 3.8) is 0 Å². The summed E-state index contributed by atoms with van der Waals surface area (Å²) in [5.74, 6) is 0.0698. The van der Waals surface area contributed by atoms with Crippen LogP contribution in [0.15, 0.2) is 24.3 Å². The minimum atomic E-state index is 0.0698. The van der Waals surface area contributed by atoms with Crippen molar-refractivity contribution in [2.45, 2.75) is 33.7 Å². The minimum Gasteiger partial charge on any atom is -0.355 e. The zero-order valence-electron chi connectivity index (χ0n) is 10.9. The van der Waals surface area contributed by atoms with Crippen LogP contribution in [0.5, 0.6) is 0 Å². The van der Waals surface area contributed by atoms with Gasteiger partial charge in [-0.1, -0.05) is 45.0 Å². The van der Waals surface area contributed by atoms with Gasteiger partial charge in [-0.3, -0.25) is 4.79 Å². The summed E-state index contributed by atoms with van der Waals surface area (Å²) in [4.78, 5) is 11.7. The highest BCUT2D eigenvalue weighted by atomic mass is 16.1. The summed E-state index contributed by atoms with van der Waals surface area (Å²) in [6, 6.07) is 7.84. The lowest BCUT2D eigenvalue weighted by molar-refractivity contribution is -0.120. The van der Waals surface area contributed by atoms with Gasteiger partial charge in [0.2, 0.25) is 5.91 Å². The third kappa shape index (κ3) is 5.50. The monoisotopic (exact) mass is 234 g/mol. The van der Waals surface area contributed by atoms with E-state index in [1.165, 1.54) is 0 Å². The van der Waals surface area contributed by atoms with Gasteiger partial charge in [0.15, 0.2) is 0 Å². The van der Waals surface area contributed by atoms with Crippen LogP contribution in [-0.2, 0) is 17.8 Å². The van der Waals surface area contributed by atoms with E-state index < -0.39 is 0 Å². The van der Waals surface area contributed by atoms with Gasteiger partial charge in [0.25, 0.3) is 0 Å². The highest BCUT2D eigenvalue weighted by Gasteiger charge is 2.11. The number of benzene rings is 1. The maximum atomic E-state index is 11.7. The number of carbonyl (C=O) groups is 1. The van der Waals surface area contributed by atoms with Gasteiger partial charge in [-0.2, -0.15) is 0 Å². The van der Waals surface area contributed by atoms with Crippen molar-refractivity contribution in [3.8, 4) is 0 Å². The van der Waals surface area contributed by atoms with Gasteiger partial charge in [0, 0.05) is 13.1 Å². The van der Waals surface area contributed by atoms with Crippen molar-refractivity contribution >= 4 is 5.91 Å². The topological polar surface area (TPSA) is 55.1 Å². The van der Waals surface area contributed by atoms with Gasteiger partial charge in [0.05, 0.1) is 6.42 Å². The number of rotatable bonds is 4. The summed E-state index contributed by atoms with van der Waals surface area (Å²) in [6.07, 6.45) is 0.431. The molecule has 0 unspecified atom stereocenters. The average molecular weight is 234 g/mol. The van der Waals surface area contributed by atoms with Crippen molar-refractivity contribution < 1.29 is 4.79 Å². The summed E-state index contributed by atoms with van der Waals surface area (Å²) >= 11 is 0. The van der Waals surface area contributed by atoms with Crippen LogP contribution in [0, 0.1) is 5.41 Å². The average Bonchev–Trinajstić information content (AvgIpc) is 2.27. The van der Waals surface area contributed by atoms with Crippen LogP contribution >= 0.6 is 0 Å². The lowest BCUT2D eigenvalue weighted by Gasteiger charge is -2.18. The number of hydrogen-bond donors (Lipinski definition) is 2. The van der Waals surface area contributed by atoms with E-state index in [9.17, 15) is 4.79 Å². The molecule has 3 heteroatoms. The first-order valence-electron chi connectivity index (χ1n) is 5.95. The van der Waals surface area contributed by atoms with Crippen molar-refractivity contribution in [2.75, 3.05) is 6.54 Å². The van der Waals surface area contributed by atoms with Gasteiger partial charge < -0.3 is 11.1 Å². The van der Waals surface area contributed by atoms with Crippen molar-refractivity contribution in [3.05, 3.63) is 35.4 Å². The molecule has 0 fully saturated rings. The third-order valence-electron chi connectivity index (χ3n) is 2.44. The molecule has 0 aromatic heterocycles. The van der Waals surface area contributed by atoms with Crippen LogP contribution in [0.2, 0.25) is 0 Å². The van der Waals surface area contributed by atoms with Crippen LogP contribution in [-0.4, -0.2) is 12.5 Å². The Balaban J connectivity index is 2.45. The molecule has 1 rings (SSSR count). The molecule has 17 heavy (non-hydrogen) atoms. The van der Waals surface area contributed by atoms with E-state index in [0.29, 0.717) is 19.5 Å². The number of hydrogen-bond acceptors (Lipinski definition) is 2. The molecule has 0 saturated heterocycles. The maximum absolute atomic E-state index is 11.7. The lowest BCUT2D eigenvalue weighted by atomic mass is 9.97. The lowest BCUT2D eigenvalue weighted by Crippen LogP contribution is -2.33. The molecule has 1 amide bonds. The summed E-state index contributed by atoms with van der Waals surface area (Å²) in [7, 11) is 0. The molecule has 0 aliphatic carbocycles. The fraction of sp³-hybridized carbons (Fsp3) is 0.500. The Hall–Kier alpha value is -1.35. The highest BCUT2D eigenvalue weighted by molar-refractivity contribution is 5.78. The highest BCUT2D eigenvalue weighted by Crippen LogP contribution is 2.10. The Morgan fingerprint density at radius 3 is 2.18 bits per heavy atom. The van der Waals surface area contributed by atoms with Crippen LogP contribution < -0.4 is 11.1 Å². The molecule has 0 aliphatic heterocycles. The van der Waals surface area contributed by atoms with Gasteiger partial charge in [-0.05, 0) is 16.5 Å². The molecule has 0 atom stereocenters. The van der Waals surface area contributed by atoms with E-state index in [1.807, 2.05) is 24.3 Å². The number of carbonyl (C=O) groups excluding carboxylic acids is 1. The van der Waals surface area contributed by atoms with E-state index in [2.05, 4.69) is 26.1 Å². The Morgan fingerprint density at radius 1 is 1.18 bits per heavy atom. The first-order chi connectivity index (χ1) is 7.90. The first-order valence-corrected chi connectivity index (χ1v) is 5.95.